The first kappa shape index (κ1) is 16.6. The number of carbonyl (C=O) groups excluding carboxylic acids is 1. The van der Waals surface area contributed by atoms with Crippen LogP contribution in [0.1, 0.15) is 26.3 Å². The summed E-state index contributed by atoms with van der Waals surface area (Å²) in [7, 11) is 1.60. The number of nitrogens with zero attached hydrogens (tertiary/aromatic N) is 1. The van der Waals surface area contributed by atoms with Crippen LogP contribution in [0.2, 0.25) is 0 Å². The predicted molar refractivity (Wildman–Crippen MR) is 84.0 cm³/mol. The molecule has 1 aromatic carbocycles. The van der Waals surface area contributed by atoms with Gasteiger partial charge in [0.05, 0.1) is 5.92 Å². The van der Waals surface area contributed by atoms with Crippen molar-refractivity contribution in [1.29, 1.82) is 0 Å². The van der Waals surface area contributed by atoms with E-state index in [1.54, 1.807) is 7.05 Å². The Morgan fingerprint density at radius 1 is 1.35 bits per heavy atom. The molecule has 1 atom stereocenters. The Morgan fingerprint density at radius 2 is 1.95 bits per heavy atom. The Bertz CT molecular complexity index is 467. The average Bonchev–Trinajstić information content (AvgIpc) is 2.42. The molecule has 0 bridgehead atoms. The smallest absolute Gasteiger partial charge is 0.230 e. The maximum Gasteiger partial charge on any atom is 0.230 e. The minimum absolute atomic E-state index is 0.133. The third-order valence-electron chi connectivity index (χ3n) is 2.95. The van der Waals surface area contributed by atoms with E-state index in [1.807, 2.05) is 51.1 Å². The van der Waals surface area contributed by atoms with Crippen molar-refractivity contribution in [2.75, 3.05) is 7.05 Å². The molecule has 0 aromatic heterocycles. The second kappa shape index (κ2) is 7.33. The molecule has 1 aromatic rings. The van der Waals surface area contributed by atoms with E-state index < -0.39 is 5.92 Å². The van der Waals surface area contributed by atoms with Gasteiger partial charge in [-0.05, 0) is 11.0 Å². The van der Waals surface area contributed by atoms with Gasteiger partial charge in [-0.2, -0.15) is 0 Å². The number of carbonyl (C=O) groups is 1. The van der Waals surface area contributed by atoms with Gasteiger partial charge in [-0.1, -0.05) is 56.3 Å². The number of hydrogen-bond donors (Lipinski definition) is 2. The minimum Gasteiger partial charge on any atom is -0.410 e. The largest absolute Gasteiger partial charge is 0.410 e. The quantitative estimate of drug-likeness (QED) is 0.388. The minimum atomic E-state index is -0.466. The van der Waals surface area contributed by atoms with Crippen molar-refractivity contribution in [3.8, 4) is 0 Å². The number of hydrogen-bond acceptors (Lipinski definition) is 4. The molecule has 0 aliphatic heterocycles. The van der Waals surface area contributed by atoms with Crippen LogP contribution >= 0.6 is 11.8 Å². The Kier molecular flexibility index (Phi) is 6.07. The molecule has 0 radical (unpaired) electrons. The molecule has 0 spiro atoms. The van der Waals surface area contributed by atoms with Crippen molar-refractivity contribution < 1.29 is 10.0 Å². The summed E-state index contributed by atoms with van der Waals surface area (Å²) >= 11 is 1.39. The van der Waals surface area contributed by atoms with Gasteiger partial charge >= 0.3 is 0 Å². The average molecular weight is 294 g/mol. The van der Waals surface area contributed by atoms with Crippen LogP contribution in [-0.2, 0) is 10.5 Å². The fourth-order valence-electron chi connectivity index (χ4n) is 1.92. The van der Waals surface area contributed by atoms with Crippen LogP contribution in [0.15, 0.2) is 35.5 Å². The van der Waals surface area contributed by atoms with Crippen LogP contribution in [0.25, 0.3) is 0 Å². The molecule has 0 saturated heterocycles. The topological polar surface area (TPSA) is 61.7 Å². The molecule has 0 aliphatic rings. The molecule has 5 heteroatoms. The number of benzene rings is 1. The Balaban J connectivity index is 2.85. The summed E-state index contributed by atoms with van der Waals surface area (Å²) < 4.78 is 0. The van der Waals surface area contributed by atoms with E-state index in [-0.39, 0.29) is 11.3 Å². The summed E-state index contributed by atoms with van der Waals surface area (Å²) in [5.41, 5.74) is 0.814. The van der Waals surface area contributed by atoms with E-state index in [1.165, 1.54) is 11.8 Å². The summed E-state index contributed by atoms with van der Waals surface area (Å²) in [6, 6.07) is 9.90. The zero-order chi connectivity index (χ0) is 15.2. The first-order valence-corrected chi connectivity index (χ1v) is 7.49. The highest BCUT2D eigenvalue weighted by Gasteiger charge is 2.36. The van der Waals surface area contributed by atoms with Gasteiger partial charge in [0, 0.05) is 12.8 Å². The van der Waals surface area contributed by atoms with Crippen LogP contribution in [0.5, 0.6) is 0 Å². The van der Waals surface area contributed by atoms with E-state index in [0.29, 0.717) is 10.8 Å². The molecule has 4 nitrogen and oxygen atoms in total. The number of rotatable bonds is 4. The van der Waals surface area contributed by atoms with Gasteiger partial charge in [0.25, 0.3) is 0 Å². The Labute approximate surface area is 124 Å². The summed E-state index contributed by atoms with van der Waals surface area (Å²) in [6.07, 6.45) is 0. The highest BCUT2D eigenvalue weighted by atomic mass is 32.2. The molecule has 1 rings (SSSR count). The molecule has 20 heavy (non-hydrogen) atoms. The molecule has 1 unspecified atom stereocenters. The van der Waals surface area contributed by atoms with Crippen molar-refractivity contribution >= 4 is 22.7 Å². The number of thioether (sulfide) groups is 1. The van der Waals surface area contributed by atoms with E-state index in [4.69, 9.17) is 0 Å². The summed E-state index contributed by atoms with van der Waals surface area (Å²) in [5.74, 6) is 0.0705. The van der Waals surface area contributed by atoms with E-state index >= 15 is 0 Å². The molecule has 110 valence electrons. The van der Waals surface area contributed by atoms with Crippen LogP contribution in [0, 0.1) is 11.3 Å². The van der Waals surface area contributed by atoms with Crippen LogP contribution < -0.4 is 5.32 Å². The van der Waals surface area contributed by atoms with Crippen LogP contribution in [-0.4, -0.2) is 23.2 Å². The lowest BCUT2D eigenvalue weighted by Gasteiger charge is -2.29. The monoisotopic (exact) mass is 294 g/mol. The molecule has 1 amide bonds. The maximum atomic E-state index is 12.1. The normalized spacial score (nSPS) is 13.9. The number of oxime groups is 1. The van der Waals surface area contributed by atoms with E-state index in [0.717, 1.165) is 5.56 Å². The lowest BCUT2D eigenvalue weighted by atomic mass is 9.80. The molecule has 0 aliphatic carbocycles. The van der Waals surface area contributed by atoms with Crippen molar-refractivity contribution in [3.63, 3.8) is 0 Å². The summed E-state index contributed by atoms with van der Waals surface area (Å²) in [4.78, 5) is 12.1. The number of nitrogens with one attached hydrogen (secondary N) is 1. The van der Waals surface area contributed by atoms with Crippen molar-refractivity contribution in [3.05, 3.63) is 35.9 Å². The SMILES string of the molecule is CNC(=O)C(/C(=N/O)SCc1ccccc1)C(C)(C)C. The van der Waals surface area contributed by atoms with Crippen LogP contribution in [0.4, 0.5) is 0 Å². The Morgan fingerprint density at radius 3 is 2.40 bits per heavy atom. The van der Waals surface area contributed by atoms with Gasteiger partial charge in [0.2, 0.25) is 5.91 Å². The second-order valence-corrected chi connectivity index (χ2v) is 6.62. The van der Waals surface area contributed by atoms with Crippen molar-refractivity contribution in [1.82, 2.24) is 5.32 Å². The maximum absolute atomic E-state index is 12.1. The summed E-state index contributed by atoms with van der Waals surface area (Å²) in [6.45, 7) is 5.88. The third kappa shape index (κ3) is 4.56. The predicted octanol–water partition coefficient (Wildman–Crippen LogP) is 3.12. The van der Waals surface area contributed by atoms with E-state index in [9.17, 15) is 10.0 Å². The summed E-state index contributed by atoms with van der Waals surface area (Å²) in [5, 5.41) is 15.7. The lowest BCUT2D eigenvalue weighted by molar-refractivity contribution is -0.124. The molecule has 0 fully saturated rings. The zero-order valence-corrected chi connectivity index (χ0v) is 13.2. The highest BCUT2D eigenvalue weighted by Crippen LogP contribution is 2.32. The van der Waals surface area contributed by atoms with Crippen molar-refractivity contribution in [2.45, 2.75) is 26.5 Å². The lowest BCUT2D eigenvalue weighted by Crippen LogP contribution is -2.40. The third-order valence-corrected chi connectivity index (χ3v) is 4.04. The van der Waals surface area contributed by atoms with Gasteiger partial charge in [-0.3, -0.25) is 4.79 Å². The molecule has 0 saturated carbocycles. The van der Waals surface area contributed by atoms with Crippen molar-refractivity contribution in [2.24, 2.45) is 16.5 Å². The first-order chi connectivity index (χ1) is 9.40. The highest BCUT2D eigenvalue weighted by molar-refractivity contribution is 8.13. The second-order valence-electron chi connectivity index (χ2n) is 5.63. The van der Waals surface area contributed by atoms with Crippen LogP contribution in [0.3, 0.4) is 0 Å². The fourth-order valence-corrected chi connectivity index (χ4v) is 3.11. The fraction of sp³-hybridized carbons (Fsp3) is 0.467. The van der Waals surface area contributed by atoms with Gasteiger partial charge in [-0.15, -0.1) is 11.8 Å². The molecular weight excluding hydrogens is 272 g/mol. The number of amides is 1. The van der Waals surface area contributed by atoms with E-state index in [2.05, 4.69) is 10.5 Å². The molecule has 2 N–H and O–H groups in total. The first-order valence-electron chi connectivity index (χ1n) is 6.50. The van der Waals surface area contributed by atoms with Gasteiger partial charge < -0.3 is 10.5 Å². The Hall–Kier alpha value is -1.49. The molecular formula is C15H22N2O2S. The standard InChI is InChI=1S/C15H22N2O2S/c1-15(2,3)12(13(18)16-4)14(17-19)20-10-11-8-6-5-7-9-11/h5-9,12,19H,10H2,1-4H3,(H,16,18)/b17-14-. The van der Waals surface area contributed by atoms with Gasteiger partial charge in [-0.25, -0.2) is 0 Å². The molecule has 0 heterocycles. The van der Waals surface area contributed by atoms with Gasteiger partial charge in [0.15, 0.2) is 0 Å². The van der Waals surface area contributed by atoms with Gasteiger partial charge in [0.1, 0.15) is 5.04 Å². The zero-order valence-electron chi connectivity index (χ0n) is 12.4.